The van der Waals surface area contributed by atoms with Gasteiger partial charge in [0.2, 0.25) is 0 Å². The summed E-state index contributed by atoms with van der Waals surface area (Å²) < 4.78 is 0. The third kappa shape index (κ3) is 4.86. The second kappa shape index (κ2) is 8.21. The van der Waals surface area contributed by atoms with E-state index in [1.807, 2.05) is 30.3 Å². The van der Waals surface area contributed by atoms with Gasteiger partial charge in [0, 0.05) is 44.1 Å². The first kappa shape index (κ1) is 17.5. The lowest BCUT2D eigenvalue weighted by atomic mass is 9.92. The zero-order chi connectivity index (χ0) is 17.6. The number of hydrogen-bond acceptors (Lipinski definition) is 4. The molecule has 1 amide bonds. The topological polar surface area (TPSA) is 58.1 Å². The Morgan fingerprint density at radius 2 is 1.76 bits per heavy atom. The highest BCUT2D eigenvalue weighted by atomic mass is 16.1. The highest BCUT2D eigenvalue weighted by molar-refractivity contribution is 5.93. The summed E-state index contributed by atoms with van der Waals surface area (Å²) >= 11 is 0. The minimum absolute atomic E-state index is 0.113. The molecule has 0 radical (unpaired) electrons. The molecule has 1 aromatic heterocycles. The van der Waals surface area contributed by atoms with E-state index in [2.05, 4.69) is 34.0 Å². The van der Waals surface area contributed by atoms with Crippen LogP contribution in [-0.4, -0.2) is 47.0 Å². The maximum Gasteiger partial charge on any atom is 0.254 e. The van der Waals surface area contributed by atoms with Crippen LogP contribution in [0.25, 0.3) is 11.4 Å². The van der Waals surface area contributed by atoms with E-state index in [0.717, 1.165) is 37.0 Å². The van der Waals surface area contributed by atoms with Gasteiger partial charge in [-0.2, -0.15) is 0 Å². The number of aromatic nitrogens is 2. The van der Waals surface area contributed by atoms with Gasteiger partial charge in [-0.1, -0.05) is 44.2 Å². The number of carbonyl (C=O) groups is 1. The first-order valence-corrected chi connectivity index (χ1v) is 9.00. The van der Waals surface area contributed by atoms with Gasteiger partial charge in [-0.15, -0.1) is 0 Å². The van der Waals surface area contributed by atoms with Crippen molar-refractivity contribution < 1.29 is 4.79 Å². The lowest BCUT2D eigenvalue weighted by Gasteiger charge is -2.34. The van der Waals surface area contributed by atoms with E-state index < -0.39 is 0 Å². The SMILES string of the molecule is C[C@@H]1C[C@@H](C)CN(CCNC(=O)c2cnc(-c3ccccc3)nc2)C1. The lowest BCUT2D eigenvalue weighted by Crippen LogP contribution is -2.42. The number of likely N-dealkylation sites (tertiary alicyclic amines) is 1. The predicted octanol–water partition coefficient (Wildman–Crippen LogP) is 2.85. The molecule has 2 atom stereocenters. The molecular formula is C20H26N4O. The molecule has 1 saturated heterocycles. The van der Waals surface area contributed by atoms with Gasteiger partial charge in [0.15, 0.2) is 5.82 Å². The number of carbonyl (C=O) groups excluding carboxylic acids is 1. The first-order chi connectivity index (χ1) is 12.1. The van der Waals surface area contributed by atoms with Crippen molar-refractivity contribution in [2.24, 2.45) is 11.8 Å². The highest BCUT2D eigenvalue weighted by Crippen LogP contribution is 2.20. The quantitative estimate of drug-likeness (QED) is 0.911. The van der Waals surface area contributed by atoms with Crippen LogP contribution >= 0.6 is 0 Å². The molecule has 2 aromatic rings. The molecule has 1 aromatic carbocycles. The lowest BCUT2D eigenvalue weighted by molar-refractivity contribution is 0.0936. The number of rotatable bonds is 5. The van der Waals surface area contributed by atoms with Gasteiger partial charge in [-0.3, -0.25) is 4.79 Å². The van der Waals surface area contributed by atoms with Crippen LogP contribution < -0.4 is 5.32 Å². The Morgan fingerprint density at radius 1 is 1.12 bits per heavy atom. The summed E-state index contributed by atoms with van der Waals surface area (Å²) in [5.41, 5.74) is 1.45. The first-order valence-electron chi connectivity index (χ1n) is 9.00. The summed E-state index contributed by atoms with van der Waals surface area (Å²) in [6, 6.07) is 9.75. The fourth-order valence-corrected chi connectivity index (χ4v) is 3.59. The monoisotopic (exact) mass is 338 g/mol. The summed E-state index contributed by atoms with van der Waals surface area (Å²) in [6.45, 7) is 8.38. The normalized spacial score (nSPS) is 21.0. The summed E-state index contributed by atoms with van der Waals surface area (Å²) in [5, 5.41) is 2.97. The second-order valence-corrected chi connectivity index (χ2v) is 7.12. The molecule has 0 bridgehead atoms. The Hall–Kier alpha value is -2.27. The van der Waals surface area contributed by atoms with Gasteiger partial charge in [-0.25, -0.2) is 9.97 Å². The molecule has 0 aliphatic carbocycles. The molecule has 1 aliphatic rings. The van der Waals surface area contributed by atoms with E-state index in [0.29, 0.717) is 17.9 Å². The minimum atomic E-state index is -0.113. The summed E-state index contributed by atoms with van der Waals surface area (Å²) in [5.74, 6) is 1.99. The largest absolute Gasteiger partial charge is 0.351 e. The molecule has 1 N–H and O–H groups in total. The maximum atomic E-state index is 12.3. The molecule has 3 rings (SSSR count). The Balaban J connectivity index is 1.50. The molecule has 5 nitrogen and oxygen atoms in total. The number of amides is 1. The molecule has 5 heteroatoms. The zero-order valence-corrected chi connectivity index (χ0v) is 15.0. The second-order valence-electron chi connectivity index (χ2n) is 7.12. The molecule has 1 fully saturated rings. The number of piperidine rings is 1. The van der Waals surface area contributed by atoms with Gasteiger partial charge in [0.05, 0.1) is 5.56 Å². The van der Waals surface area contributed by atoms with Crippen LogP contribution in [0.2, 0.25) is 0 Å². The van der Waals surface area contributed by atoms with Crippen molar-refractivity contribution >= 4 is 5.91 Å². The van der Waals surface area contributed by atoms with Crippen LogP contribution in [0.1, 0.15) is 30.6 Å². The molecule has 1 aliphatic heterocycles. The molecular weight excluding hydrogens is 312 g/mol. The fraction of sp³-hybridized carbons (Fsp3) is 0.450. The molecule has 0 saturated carbocycles. The average Bonchev–Trinajstić information content (AvgIpc) is 2.62. The number of nitrogens with zero attached hydrogens (tertiary/aromatic N) is 3. The zero-order valence-electron chi connectivity index (χ0n) is 15.0. The Bertz CT molecular complexity index is 677. The smallest absolute Gasteiger partial charge is 0.254 e. The van der Waals surface area contributed by atoms with Crippen molar-refractivity contribution in [2.75, 3.05) is 26.2 Å². The number of nitrogens with one attached hydrogen (secondary N) is 1. The van der Waals surface area contributed by atoms with Crippen LogP contribution in [0.5, 0.6) is 0 Å². The predicted molar refractivity (Wildman–Crippen MR) is 99.2 cm³/mol. The molecule has 0 spiro atoms. The van der Waals surface area contributed by atoms with Crippen LogP contribution in [0.4, 0.5) is 0 Å². The standard InChI is InChI=1S/C20H26N4O/c1-15-10-16(2)14-24(13-15)9-8-21-20(25)18-11-22-19(23-12-18)17-6-4-3-5-7-17/h3-7,11-12,15-16H,8-10,13-14H2,1-2H3,(H,21,25)/t15-,16-/m1/s1. The number of benzene rings is 1. The summed E-state index contributed by atoms with van der Waals surface area (Å²) in [4.78, 5) is 23.3. The van der Waals surface area contributed by atoms with Crippen LogP contribution in [0.15, 0.2) is 42.7 Å². The number of hydrogen-bond donors (Lipinski definition) is 1. The van der Waals surface area contributed by atoms with Crippen molar-refractivity contribution in [3.63, 3.8) is 0 Å². The van der Waals surface area contributed by atoms with Crippen LogP contribution in [0, 0.1) is 11.8 Å². The van der Waals surface area contributed by atoms with Gasteiger partial charge < -0.3 is 10.2 Å². The van der Waals surface area contributed by atoms with Gasteiger partial charge >= 0.3 is 0 Å². The van der Waals surface area contributed by atoms with E-state index in [1.54, 1.807) is 12.4 Å². The van der Waals surface area contributed by atoms with Crippen molar-refractivity contribution in [1.82, 2.24) is 20.2 Å². The molecule has 132 valence electrons. The van der Waals surface area contributed by atoms with Crippen molar-refractivity contribution in [1.29, 1.82) is 0 Å². The van der Waals surface area contributed by atoms with E-state index >= 15 is 0 Å². The van der Waals surface area contributed by atoms with Crippen LogP contribution in [0.3, 0.4) is 0 Å². The molecule has 2 heterocycles. The average molecular weight is 338 g/mol. The Kier molecular flexibility index (Phi) is 5.76. The molecule has 0 unspecified atom stereocenters. The van der Waals surface area contributed by atoms with E-state index in [9.17, 15) is 4.79 Å². The maximum absolute atomic E-state index is 12.3. The van der Waals surface area contributed by atoms with Crippen LogP contribution in [-0.2, 0) is 0 Å². The van der Waals surface area contributed by atoms with Gasteiger partial charge in [0.25, 0.3) is 5.91 Å². The van der Waals surface area contributed by atoms with Crippen molar-refractivity contribution in [3.8, 4) is 11.4 Å². The third-order valence-electron chi connectivity index (χ3n) is 4.60. The Labute approximate surface area is 149 Å². The molecule has 25 heavy (non-hydrogen) atoms. The van der Waals surface area contributed by atoms with E-state index in [1.165, 1.54) is 6.42 Å². The third-order valence-corrected chi connectivity index (χ3v) is 4.60. The van der Waals surface area contributed by atoms with Crippen molar-refractivity contribution in [2.45, 2.75) is 20.3 Å². The minimum Gasteiger partial charge on any atom is -0.351 e. The highest BCUT2D eigenvalue weighted by Gasteiger charge is 2.21. The summed E-state index contributed by atoms with van der Waals surface area (Å²) in [7, 11) is 0. The van der Waals surface area contributed by atoms with Gasteiger partial charge in [0.1, 0.15) is 0 Å². The summed E-state index contributed by atoms with van der Waals surface area (Å²) in [6.07, 6.45) is 4.49. The van der Waals surface area contributed by atoms with E-state index in [-0.39, 0.29) is 5.91 Å². The van der Waals surface area contributed by atoms with Crippen molar-refractivity contribution in [3.05, 3.63) is 48.3 Å². The Morgan fingerprint density at radius 3 is 2.40 bits per heavy atom. The van der Waals surface area contributed by atoms with E-state index in [4.69, 9.17) is 0 Å². The fourth-order valence-electron chi connectivity index (χ4n) is 3.59. The van der Waals surface area contributed by atoms with Gasteiger partial charge in [-0.05, 0) is 18.3 Å².